The van der Waals surface area contributed by atoms with Crippen LogP contribution in [0, 0.1) is 11.8 Å². The predicted octanol–water partition coefficient (Wildman–Crippen LogP) is 4.25. The second-order valence-electron chi connectivity index (χ2n) is 9.05. The van der Waals surface area contributed by atoms with Crippen molar-refractivity contribution in [1.29, 1.82) is 0 Å². The highest BCUT2D eigenvalue weighted by molar-refractivity contribution is 6.06. The average Bonchev–Trinajstić information content (AvgIpc) is 2.96. The lowest BCUT2D eigenvalue weighted by Crippen LogP contribution is -2.51. The molecular weight excluding hydrogens is 474 g/mol. The first-order valence-electron chi connectivity index (χ1n) is 12.8. The second kappa shape index (κ2) is 13.2. The van der Waals surface area contributed by atoms with Crippen molar-refractivity contribution in [1.82, 2.24) is 15.6 Å². The zero-order valence-electron chi connectivity index (χ0n) is 21.4. The standard InChI is InChI=1S/C32H31N3O3/c1-2-3-20-33-32(38)30(36)29(21-24-14-8-5-9-15-24)35-31(37)27-22-25(19-18-23-12-6-4-7-13-23)34-28-17-11-10-16-26(27)28/h4-17,22,29-30,36H,2-3,20-21H2,1H3,(H,33,38)(H,35,37)/t29-,30?/m0/s1. The van der Waals surface area contributed by atoms with Crippen LogP contribution in [-0.2, 0) is 11.2 Å². The summed E-state index contributed by atoms with van der Waals surface area (Å²) in [5.74, 6) is 5.23. The summed E-state index contributed by atoms with van der Waals surface area (Å²) in [7, 11) is 0. The number of unbranched alkanes of at least 4 members (excludes halogenated alkanes) is 1. The zero-order valence-corrected chi connectivity index (χ0v) is 21.4. The molecule has 192 valence electrons. The number of carbonyl (C=O) groups excluding carboxylic acids is 2. The van der Waals surface area contributed by atoms with Crippen molar-refractivity contribution < 1.29 is 14.7 Å². The van der Waals surface area contributed by atoms with Crippen LogP contribution >= 0.6 is 0 Å². The maximum absolute atomic E-state index is 13.6. The molecule has 1 unspecified atom stereocenters. The Balaban J connectivity index is 1.64. The molecule has 0 aliphatic carbocycles. The summed E-state index contributed by atoms with van der Waals surface area (Å²) in [5, 5.41) is 17.3. The van der Waals surface area contributed by atoms with Gasteiger partial charge in [-0.15, -0.1) is 0 Å². The number of amides is 2. The molecule has 4 rings (SSSR count). The Labute approximate surface area is 223 Å². The fourth-order valence-corrected chi connectivity index (χ4v) is 4.12. The predicted molar refractivity (Wildman–Crippen MR) is 149 cm³/mol. The fourth-order valence-electron chi connectivity index (χ4n) is 4.12. The largest absolute Gasteiger partial charge is 0.381 e. The van der Waals surface area contributed by atoms with Crippen molar-refractivity contribution in [2.45, 2.75) is 38.3 Å². The SMILES string of the molecule is CCCCNC(=O)C(O)[C@H](Cc1ccccc1)NC(=O)c1cc(C#Cc2ccccc2)nc2ccccc12. The Hall–Kier alpha value is -4.47. The fraction of sp³-hybridized carbons (Fsp3) is 0.219. The van der Waals surface area contributed by atoms with Gasteiger partial charge in [0.1, 0.15) is 5.69 Å². The molecule has 3 aromatic carbocycles. The van der Waals surface area contributed by atoms with Gasteiger partial charge in [0, 0.05) is 17.5 Å². The average molecular weight is 506 g/mol. The molecule has 1 heterocycles. The van der Waals surface area contributed by atoms with E-state index in [2.05, 4.69) is 27.5 Å². The molecular formula is C32H31N3O3. The van der Waals surface area contributed by atoms with Crippen LogP contribution in [-0.4, -0.2) is 40.6 Å². The van der Waals surface area contributed by atoms with Gasteiger partial charge in [-0.25, -0.2) is 4.98 Å². The molecule has 0 spiro atoms. The highest BCUT2D eigenvalue weighted by Gasteiger charge is 2.28. The van der Waals surface area contributed by atoms with Gasteiger partial charge >= 0.3 is 0 Å². The van der Waals surface area contributed by atoms with E-state index in [-0.39, 0.29) is 0 Å². The Morgan fingerprint density at radius 2 is 1.61 bits per heavy atom. The first-order chi connectivity index (χ1) is 18.5. The summed E-state index contributed by atoms with van der Waals surface area (Å²) >= 11 is 0. The third-order valence-corrected chi connectivity index (χ3v) is 6.16. The van der Waals surface area contributed by atoms with Crippen LogP contribution in [0.5, 0.6) is 0 Å². The molecule has 0 saturated carbocycles. The Morgan fingerprint density at radius 1 is 0.921 bits per heavy atom. The van der Waals surface area contributed by atoms with Crippen molar-refractivity contribution in [3.63, 3.8) is 0 Å². The van der Waals surface area contributed by atoms with Crippen LogP contribution in [0.4, 0.5) is 0 Å². The van der Waals surface area contributed by atoms with E-state index in [9.17, 15) is 14.7 Å². The summed E-state index contributed by atoms with van der Waals surface area (Å²) in [6.07, 6.45) is 0.606. The zero-order chi connectivity index (χ0) is 26.7. The van der Waals surface area contributed by atoms with Gasteiger partial charge < -0.3 is 15.7 Å². The van der Waals surface area contributed by atoms with Crippen molar-refractivity contribution in [2.24, 2.45) is 0 Å². The van der Waals surface area contributed by atoms with E-state index in [1.807, 2.05) is 91.9 Å². The van der Waals surface area contributed by atoms with Gasteiger partial charge in [0.25, 0.3) is 11.8 Å². The number of para-hydroxylation sites is 1. The third kappa shape index (κ3) is 7.06. The smallest absolute Gasteiger partial charge is 0.252 e. The van der Waals surface area contributed by atoms with E-state index in [0.717, 1.165) is 24.0 Å². The van der Waals surface area contributed by atoms with Crippen molar-refractivity contribution in [2.75, 3.05) is 6.54 Å². The number of nitrogens with one attached hydrogen (secondary N) is 2. The van der Waals surface area contributed by atoms with Crippen molar-refractivity contribution >= 4 is 22.7 Å². The number of aliphatic hydroxyl groups excluding tert-OH is 1. The minimum atomic E-state index is -1.42. The third-order valence-electron chi connectivity index (χ3n) is 6.16. The van der Waals surface area contributed by atoms with Gasteiger partial charge in [-0.1, -0.05) is 86.0 Å². The topological polar surface area (TPSA) is 91.3 Å². The number of hydrogen-bond donors (Lipinski definition) is 3. The summed E-state index contributed by atoms with van der Waals surface area (Å²) in [4.78, 5) is 31.0. The molecule has 1 aromatic heterocycles. The lowest BCUT2D eigenvalue weighted by atomic mass is 9.99. The summed E-state index contributed by atoms with van der Waals surface area (Å²) in [6.45, 7) is 2.50. The summed E-state index contributed by atoms with van der Waals surface area (Å²) in [6, 6.07) is 27.2. The first-order valence-corrected chi connectivity index (χ1v) is 12.8. The van der Waals surface area contributed by atoms with E-state index in [0.29, 0.717) is 35.1 Å². The van der Waals surface area contributed by atoms with Crippen LogP contribution < -0.4 is 10.6 Å². The van der Waals surface area contributed by atoms with E-state index in [4.69, 9.17) is 0 Å². The molecule has 0 aliphatic rings. The number of fused-ring (bicyclic) bond motifs is 1. The van der Waals surface area contributed by atoms with E-state index >= 15 is 0 Å². The lowest BCUT2D eigenvalue weighted by molar-refractivity contribution is -0.130. The molecule has 0 radical (unpaired) electrons. The van der Waals surface area contributed by atoms with Gasteiger partial charge in [-0.05, 0) is 48.6 Å². The molecule has 6 nitrogen and oxygen atoms in total. The van der Waals surface area contributed by atoms with Gasteiger partial charge in [-0.3, -0.25) is 9.59 Å². The van der Waals surface area contributed by atoms with Crippen LogP contribution in [0.3, 0.4) is 0 Å². The number of benzene rings is 3. The Kier molecular flexibility index (Phi) is 9.22. The van der Waals surface area contributed by atoms with E-state index in [1.165, 1.54) is 0 Å². The Bertz CT molecular complexity index is 1440. The number of hydrogen-bond acceptors (Lipinski definition) is 4. The maximum atomic E-state index is 13.6. The van der Waals surface area contributed by atoms with Crippen LogP contribution in [0.1, 0.15) is 46.9 Å². The normalized spacial score (nSPS) is 12.2. The van der Waals surface area contributed by atoms with E-state index < -0.39 is 24.0 Å². The monoisotopic (exact) mass is 505 g/mol. The summed E-state index contributed by atoms with van der Waals surface area (Å²) < 4.78 is 0. The molecule has 0 aliphatic heterocycles. The number of carbonyl (C=O) groups is 2. The highest BCUT2D eigenvalue weighted by atomic mass is 16.3. The maximum Gasteiger partial charge on any atom is 0.252 e. The van der Waals surface area contributed by atoms with Crippen LogP contribution in [0.15, 0.2) is 91.0 Å². The van der Waals surface area contributed by atoms with Crippen molar-refractivity contribution in [3.05, 3.63) is 113 Å². The second-order valence-corrected chi connectivity index (χ2v) is 9.05. The molecule has 0 bridgehead atoms. The lowest BCUT2D eigenvalue weighted by Gasteiger charge is -2.24. The quantitative estimate of drug-likeness (QED) is 0.234. The minimum Gasteiger partial charge on any atom is -0.381 e. The van der Waals surface area contributed by atoms with Gasteiger partial charge in [0.2, 0.25) is 0 Å². The van der Waals surface area contributed by atoms with E-state index in [1.54, 1.807) is 6.07 Å². The number of aromatic nitrogens is 1. The Morgan fingerprint density at radius 3 is 2.34 bits per heavy atom. The molecule has 2 amide bonds. The number of aliphatic hydroxyl groups is 1. The van der Waals surface area contributed by atoms with Crippen LogP contribution in [0.25, 0.3) is 10.9 Å². The first kappa shape index (κ1) is 26.6. The number of rotatable bonds is 9. The minimum absolute atomic E-state index is 0.290. The summed E-state index contributed by atoms with van der Waals surface area (Å²) in [5.41, 5.74) is 3.20. The molecule has 38 heavy (non-hydrogen) atoms. The molecule has 0 fully saturated rings. The number of pyridine rings is 1. The molecule has 6 heteroatoms. The molecule has 4 aromatic rings. The van der Waals surface area contributed by atoms with Gasteiger partial charge in [0.05, 0.1) is 17.1 Å². The number of nitrogens with zero attached hydrogens (tertiary/aromatic N) is 1. The highest BCUT2D eigenvalue weighted by Crippen LogP contribution is 2.19. The van der Waals surface area contributed by atoms with Gasteiger partial charge in [0.15, 0.2) is 6.10 Å². The van der Waals surface area contributed by atoms with Gasteiger partial charge in [-0.2, -0.15) is 0 Å². The molecule has 0 saturated heterocycles. The van der Waals surface area contributed by atoms with Crippen LogP contribution in [0.2, 0.25) is 0 Å². The van der Waals surface area contributed by atoms with Crippen molar-refractivity contribution in [3.8, 4) is 11.8 Å². The molecule has 3 N–H and O–H groups in total. The molecule has 2 atom stereocenters.